The van der Waals surface area contributed by atoms with E-state index in [0.717, 1.165) is 0 Å². The summed E-state index contributed by atoms with van der Waals surface area (Å²) < 4.78 is 0. The van der Waals surface area contributed by atoms with Crippen LogP contribution in [0.15, 0.2) is 9.98 Å². The molecule has 18 N–H and O–H groups in total. The van der Waals surface area contributed by atoms with Gasteiger partial charge in [0.2, 0.25) is 29.5 Å². The number of aliphatic imine (C=N–C) groups is 2. The molecule has 6 atom stereocenters. The predicted molar refractivity (Wildman–Crippen MR) is 161 cm³/mol. The number of guanidine groups is 2. The van der Waals surface area contributed by atoms with Gasteiger partial charge in [-0.15, -0.1) is 0 Å². The van der Waals surface area contributed by atoms with Crippen molar-refractivity contribution in [2.75, 3.05) is 26.3 Å². The molecule has 0 fully saturated rings. The Morgan fingerprint density at radius 3 is 1.42 bits per heavy atom. The molecule has 45 heavy (non-hydrogen) atoms. The minimum absolute atomic E-state index is 0.0473. The van der Waals surface area contributed by atoms with Crippen LogP contribution in [0.1, 0.15) is 39.5 Å². The minimum atomic E-state index is -1.56. The Morgan fingerprint density at radius 2 is 0.978 bits per heavy atom. The molecule has 0 aliphatic carbocycles. The van der Waals surface area contributed by atoms with Gasteiger partial charge in [0.05, 0.1) is 19.3 Å². The molecule has 0 saturated heterocycles. The molecule has 0 heterocycles. The van der Waals surface area contributed by atoms with Crippen molar-refractivity contribution in [3.05, 3.63) is 0 Å². The molecular weight excluding hydrogens is 600 g/mol. The fraction of sp³-hybridized carbons (Fsp3) is 0.667. The first-order valence-electron chi connectivity index (χ1n) is 13.9. The molecule has 0 rings (SSSR count). The molecule has 0 unspecified atom stereocenters. The topological polar surface area (TPSA) is 378 Å². The van der Waals surface area contributed by atoms with Crippen LogP contribution >= 0.6 is 0 Å². The number of hydrogen-bond donors (Lipinski definition) is 13. The Morgan fingerprint density at radius 1 is 0.600 bits per heavy atom. The van der Waals surface area contributed by atoms with Crippen molar-refractivity contribution in [3.63, 3.8) is 0 Å². The standard InChI is InChI=1S/C24H46N12O9/c1-11(33-20(42)15(9-37)36-19(41)13(25)5-3-7-30-23(26)27)17(39)32-12(2)18(40)35-16(10-38)21(43)34-14(22(44)45)6-4-8-31-24(28)29/h11-16,37-38H,3-10,25H2,1-2H3,(H,32,39)(H,33,42)(H,34,43)(H,35,40)(H,36,41)(H,44,45)(H4,26,27,30)(H4,28,29,31)/t11-,12-,13-,14-,15-,16-/m0/s1. The van der Waals surface area contributed by atoms with Gasteiger partial charge in [-0.05, 0) is 39.5 Å². The first-order valence-corrected chi connectivity index (χ1v) is 13.9. The van der Waals surface area contributed by atoms with Crippen molar-refractivity contribution >= 4 is 47.4 Å². The van der Waals surface area contributed by atoms with E-state index >= 15 is 0 Å². The third kappa shape index (κ3) is 16.6. The lowest BCUT2D eigenvalue weighted by molar-refractivity contribution is -0.142. The number of nitrogens with zero attached hydrogens (tertiary/aromatic N) is 2. The highest BCUT2D eigenvalue weighted by molar-refractivity contribution is 5.96. The number of aliphatic hydroxyl groups is 2. The lowest BCUT2D eigenvalue weighted by atomic mass is 10.1. The van der Waals surface area contributed by atoms with Crippen LogP contribution in [-0.4, -0.2) is 125 Å². The van der Waals surface area contributed by atoms with E-state index in [2.05, 4.69) is 36.6 Å². The van der Waals surface area contributed by atoms with E-state index < -0.39 is 85.0 Å². The van der Waals surface area contributed by atoms with Gasteiger partial charge in [0.1, 0.15) is 30.2 Å². The molecule has 0 spiro atoms. The van der Waals surface area contributed by atoms with Crippen LogP contribution in [0.25, 0.3) is 0 Å². The van der Waals surface area contributed by atoms with E-state index in [1.807, 2.05) is 0 Å². The maximum absolute atomic E-state index is 12.6. The summed E-state index contributed by atoms with van der Waals surface area (Å²) in [5.74, 6) is -6.06. The van der Waals surface area contributed by atoms with Gasteiger partial charge in [0, 0.05) is 13.1 Å². The zero-order chi connectivity index (χ0) is 34.7. The number of carboxylic acid groups (broad SMARTS) is 1. The third-order valence-corrected chi connectivity index (χ3v) is 6.00. The third-order valence-electron chi connectivity index (χ3n) is 6.00. The van der Waals surface area contributed by atoms with Crippen molar-refractivity contribution in [2.45, 2.75) is 75.8 Å². The summed E-state index contributed by atoms with van der Waals surface area (Å²) in [5, 5.41) is 39.8. The maximum Gasteiger partial charge on any atom is 0.326 e. The zero-order valence-electron chi connectivity index (χ0n) is 25.2. The van der Waals surface area contributed by atoms with Crippen LogP contribution in [-0.2, 0) is 28.8 Å². The number of carboxylic acids is 1. The summed E-state index contributed by atoms with van der Waals surface area (Å²) >= 11 is 0. The van der Waals surface area contributed by atoms with E-state index in [-0.39, 0.29) is 44.3 Å². The highest BCUT2D eigenvalue weighted by atomic mass is 16.4. The van der Waals surface area contributed by atoms with Crippen LogP contribution in [0.2, 0.25) is 0 Å². The first kappa shape index (κ1) is 40.2. The second-order valence-electron chi connectivity index (χ2n) is 9.85. The number of hydrogen-bond acceptors (Lipinski definition) is 11. The smallest absolute Gasteiger partial charge is 0.326 e. The molecule has 0 saturated carbocycles. The van der Waals surface area contributed by atoms with E-state index in [4.69, 9.17) is 28.7 Å². The highest BCUT2D eigenvalue weighted by Crippen LogP contribution is 2.01. The van der Waals surface area contributed by atoms with Gasteiger partial charge < -0.3 is 70.6 Å². The average Bonchev–Trinajstić information content (AvgIpc) is 2.96. The van der Waals surface area contributed by atoms with E-state index in [9.17, 15) is 44.1 Å². The van der Waals surface area contributed by atoms with E-state index in [1.165, 1.54) is 13.8 Å². The van der Waals surface area contributed by atoms with Crippen molar-refractivity contribution in [3.8, 4) is 0 Å². The quantitative estimate of drug-likeness (QED) is 0.0313. The van der Waals surface area contributed by atoms with Gasteiger partial charge in [-0.2, -0.15) is 0 Å². The van der Waals surface area contributed by atoms with E-state index in [0.29, 0.717) is 6.42 Å². The summed E-state index contributed by atoms with van der Waals surface area (Å²) in [6.45, 7) is 1.17. The van der Waals surface area contributed by atoms with Crippen molar-refractivity contribution in [1.29, 1.82) is 0 Å². The molecule has 0 bridgehead atoms. The van der Waals surface area contributed by atoms with Gasteiger partial charge in [0.25, 0.3) is 0 Å². The number of aliphatic hydroxyl groups excluding tert-OH is 2. The van der Waals surface area contributed by atoms with Gasteiger partial charge in [-0.1, -0.05) is 0 Å². The molecule has 21 heteroatoms. The van der Waals surface area contributed by atoms with Crippen molar-refractivity contribution in [2.24, 2.45) is 38.7 Å². The second kappa shape index (κ2) is 21.0. The van der Waals surface area contributed by atoms with Crippen LogP contribution in [0.5, 0.6) is 0 Å². The largest absolute Gasteiger partial charge is 0.480 e. The van der Waals surface area contributed by atoms with Gasteiger partial charge in [-0.3, -0.25) is 34.0 Å². The molecule has 21 nitrogen and oxygen atoms in total. The number of nitrogens with two attached hydrogens (primary N) is 5. The summed E-state index contributed by atoms with van der Waals surface area (Å²) in [4.78, 5) is 81.5. The number of carbonyl (C=O) groups is 6. The molecule has 5 amide bonds. The van der Waals surface area contributed by atoms with Crippen molar-refractivity contribution < 1.29 is 44.1 Å². The highest BCUT2D eigenvalue weighted by Gasteiger charge is 2.30. The molecule has 0 aliphatic rings. The monoisotopic (exact) mass is 646 g/mol. The van der Waals surface area contributed by atoms with Crippen LogP contribution in [0.3, 0.4) is 0 Å². The SMILES string of the molecule is C[C@H](NC(=O)[C@H](C)NC(=O)[C@H](CO)NC(=O)[C@@H](N)CCCN=C(N)N)C(=O)N[C@@H](CO)C(=O)N[C@@H](CCCN=C(N)N)C(=O)O. The molecule has 256 valence electrons. The Balaban J connectivity index is 4.96. The van der Waals surface area contributed by atoms with Gasteiger partial charge in [0.15, 0.2) is 11.9 Å². The molecular formula is C24H46N12O9. The number of amides is 5. The molecule has 0 aromatic carbocycles. The maximum atomic E-state index is 12.6. The van der Waals surface area contributed by atoms with Gasteiger partial charge in [-0.25, -0.2) is 4.79 Å². The summed E-state index contributed by atoms with van der Waals surface area (Å²) in [6, 6.07) is -7.92. The average molecular weight is 647 g/mol. The number of carbonyl (C=O) groups excluding carboxylic acids is 5. The van der Waals surface area contributed by atoms with Gasteiger partial charge >= 0.3 is 5.97 Å². The number of nitrogens with one attached hydrogen (secondary N) is 5. The molecule has 0 aliphatic heterocycles. The lowest BCUT2D eigenvalue weighted by Gasteiger charge is -2.23. The Bertz CT molecular complexity index is 1080. The Labute approximate surface area is 259 Å². The first-order chi connectivity index (χ1) is 21.0. The number of aliphatic carboxylic acids is 1. The number of rotatable bonds is 21. The molecule has 0 radical (unpaired) electrons. The summed E-state index contributed by atoms with van der Waals surface area (Å²) in [5.41, 5.74) is 26.6. The lowest BCUT2D eigenvalue weighted by Crippen LogP contribution is -2.59. The van der Waals surface area contributed by atoms with Crippen LogP contribution in [0.4, 0.5) is 0 Å². The van der Waals surface area contributed by atoms with Crippen LogP contribution in [0, 0.1) is 0 Å². The Hall–Kier alpha value is -4.76. The fourth-order valence-corrected chi connectivity index (χ4v) is 3.43. The summed E-state index contributed by atoms with van der Waals surface area (Å²) in [6.07, 6.45) is 0.721. The normalized spacial score (nSPS) is 14.6. The second-order valence-corrected chi connectivity index (χ2v) is 9.85. The fourth-order valence-electron chi connectivity index (χ4n) is 3.43. The van der Waals surface area contributed by atoms with E-state index in [1.54, 1.807) is 0 Å². The summed E-state index contributed by atoms with van der Waals surface area (Å²) in [7, 11) is 0. The van der Waals surface area contributed by atoms with Crippen molar-refractivity contribution in [1.82, 2.24) is 26.6 Å². The molecule has 0 aromatic rings. The predicted octanol–water partition coefficient (Wildman–Crippen LogP) is -7.05. The zero-order valence-corrected chi connectivity index (χ0v) is 25.2. The molecule has 0 aromatic heterocycles. The minimum Gasteiger partial charge on any atom is -0.480 e. The Kier molecular flexibility index (Phi) is 18.8. The van der Waals surface area contributed by atoms with Crippen LogP contribution < -0.4 is 55.3 Å².